The highest BCUT2D eigenvalue weighted by atomic mass is 32.2. The van der Waals surface area contributed by atoms with Crippen LogP contribution in [-0.2, 0) is 6.54 Å². The molecule has 2 N–H and O–H groups in total. The minimum Gasteiger partial charge on any atom is -0.315 e. The van der Waals surface area contributed by atoms with Gasteiger partial charge in [0.1, 0.15) is 0 Å². The van der Waals surface area contributed by atoms with Crippen LogP contribution >= 0.6 is 11.8 Å². The van der Waals surface area contributed by atoms with Crippen LogP contribution in [0.3, 0.4) is 0 Å². The first-order valence-corrected chi connectivity index (χ1v) is 7.31. The van der Waals surface area contributed by atoms with Gasteiger partial charge in [0.25, 0.3) is 0 Å². The maximum absolute atomic E-state index is 3.59. The van der Waals surface area contributed by atoms with E-state index in [1.807, 2.05) is 11.8 Å². The summed E-state index contributed by atoms with van der Waals surface area (Å²) >= 11 is 1.92. The van der Waals surface area contributed by atoms with Gasteiger partial charge in [-0.3, -0.25) is 0 Å². The van der Waals surface area contributed by atoms with Gasteiger partial charge in [0, 0.05) is 29.3 Å². The maximum atomic E-state index is 3.59. The molecule has 0 saturated carbocycles. The second-order valence-electron chi connectivity index (χ2n) is 4.88. The quantitative estimate of drug-likeness (QED) is 0.786. The Morgan fingerprint density at radius 3 is 2.71 bits per heavy atom. The highest BCUT2D eigenvalue weighted by Gasteiger charge is 2.12. The molecule has 0 amide bonds. The largest absolute Gasteiger partial charge is 0.315 e. The molecule has 2 rings (SSSR count). The van der Waals surface area contributed by atoms with E-state index in [0.29, 0.717) is 11.3 Å². The first-order valence-electron chi connectivity index (χ1n) is 6.44. The third-order valence-electron chi connectivity index (χ3n) is 2.95. The Labute approximate surface area is 109 Å². The van der Waals surface area contributed by atoms with E-state index in [1.54, 1.807) is 0 Å². The van der Waals surface area contributed by atoms with Crippen molar-refractivity contribution in [3.05, 3.63) is 29.8 Å². The molecule has 0 bridgehead atoms. The fourth-order valence-corrected chi connectivity index (χ4v) is 2.89. The number of thioether (sulfide) groups is 1. The third-order valence-corrected chi connectivity index (χ3v) is 3.97. The molecule has 1 saturated heterocycles. The van der Waals surface area contributed by atoms with E-state index >= 15 is 0 Å². The Balaban J connectivity index is 1.80. The highest BCUT2D eigenvalue weighted by Crippen LogP contribution is 2.22. The van der Waals surface area contributed by atoms with Crippen LogP contribution in [0.5, 0.6) is 0 Å². The molecule has 1 aliphatic heterocycles. The second kappa shape index (κ2) is 6.43. The van der Waals surface area contributed by atoms with E-state index in [1.165, 1.54) is 16.9 Å². The Hall–Kier alpha value is -0.510. The molecular weight excluding hydrogens is 228 g/mol. The van der Waals surface area contributed by atoms with Crippen LogP contribution in [0.4, 0.5) is 0 Å². The zero-order chi connectivity index (χ0) is 12.1. The van der Waals surface area contributed by atoms with Crippen LogP contribution in [0.25, 0.3) is 0 Å². The SMILES string of the molecule is CC(C)Sc1ccc(CNC2CCNC2)cc1. The van der Waals surface area contributed by atoms with Crippen LogP contribution < -0.4 is 10.6 Å². The lowest BCUT2D eigenvalue weighted by molar-refractivity contribution is 0.547. The lowest BCUT2D eigenvalue weighted by Crippen LogP contribution is -2.30. The summed E-state index contributed by atoms with van der Waals surface area (Å²) in [4.78, 5) is 1.37. The summed E-state index contributed by atoms with van der Waals surface area (Å²) in [5, 5.41) is 7.62. The van der Waals surface area contributed by atoms with E-state index in [9.17, 15) is 0 Å². The van der Waals surface area contributed by atoms with E-state index < -0.39 is 0 Å². The predicted molar refractivity (Wildman–Crippen MR) is 75.5 cm³/mol. The van der Waals surface area contributed by atoms with Crippen molar-refractivity contribution in [2.45, 2.75) is 43.0 Å². The van der Waals surface area contributed by atoms with E-state index in [4.69, 9.17) is 0 Å². The normalized spacial score (nSPS) is 20.1. The number of hydrogen-bond acceptors (Lipinski definition) is 3. The minimum absolute atomic E-state index is 0.653. The van der Waals surface area contributed by atoms with E-state index in [2.05, 4.69) is 48.7 Å². The van der Waals surface area contributed by atoms with E-state index in [0.717, 1.165) is 19.6 Å². The smallest absolute Gasteiger partial charge is 0.0208 e. The summed E-state index contributed by atoms with van der Waals surface area (Å²) in [5.41, 5.74) is 1.38. The molecule has 94 valence electrons. The van der Waals surface area contributed by atoms with Crippen molar-refractivity contribution in [3.63, 3.8) is 0 Å². The molecule has 1 aliphatic rings. The monoisotopic (exact) mass is 250 g/mol. The van der Waals surface area contributed by atoms with Crippen molar-refractivity contribution >= 4 is 11.8 Å². The third kappa shape index (κ3) is 4.34. The molecule has 0 aliphatic carbocycles. The molecule has 1 unspecified atom stereocenters. The Bertz CT molecular complexity index is 329. The first-order chi connectivity index (χ1) is 8.24. The Morgan fingerprint density at radius 1 is 1.35 bits per heavy atom. The fraction of sp³-hybridized carbons (Fsp3) is 0.571. The Morgan fingerprint density at radius 2 is 2.12 bits per heavy atom. The molecular formula is C14H22N2S. The van der Waals surface area contributed by atoms with Crippen LogP contribution in [0.1, 0.15) is 25.8 Å². The molecule has 0 spiro atoms. The summed E-state index contributed by atoms with van der Waals surface area (Å²) < 4.78 is 0. The standard InChI is InChI=1S/C14H22N2S/c1-11(2)17-14-5-3-12(4-6-14)9-16-13-7-8-15-10-13/h3-6,11,13,15-16H,7-10H2,1-2H3. The van der Waals surface area contributed by atoms with Gasteiger partial charge in [-0.25, -0.2) is 0 Å². The van der Waals surface area contributed by atoms with Gasteiger partial charge in [-0.05, 0) is 30.7 Å². The molecule has 1 aromatic carbocycles. The average molecular weight is 250 g/mol. The topological polar surface area (TPSA) is 24.1 Å². The number of nitrogens with one attached hydrogen (secondary N) is 2. The lowest BCUT2D eigenvalue weighted by atomic mass is 10.2. The molecule has 1 fully saturated rings. The lowest BCUT2D eigenvalue weighted by Gasteiger charge is -2.11. The van der Waals surface area contributed by atoms with Crippen LogP contribution in [0.15, 0.2) is 29.2 Å². The van der Waals surface area contributed by atoms with Crippen molar-refractivity contribution in [3.8, 4) is 0 Å². The Kier molecular flexibility index (Phi) is 4.89. The van der Waals surface area contributed by atoms with Gasteiger partial charge in [0.05, 0.1) is 0 Å². The first kappa shape index (κ1) is 12.9. The molecule has 1 heterocycles. The number of rotatable bonds is 5. The summed E-state index contributed by atoms with van der Waals surface area (Å²) in [6.45, 7) is 7.71. The number of benzene rings is 1. The van der Waals surface area contributed by atoms with Gasteiger partial charge in [-0.2, -0.15) is 0 Å². The second-order valence-corrected chi connectivity index (χ2v) is 6.53. The number of hydrogen-bond donors (Lipinski definition) is 2. The zero-order valence-corrected chi connectivity index (χ0v) is 11.5. The van der Waals surface area contributed by atoms with Crippen molar-refractivity contribution in [2.24, 2.45) is 0 Å². The average Bonchev–Trinajstić information content (AvgIpc) is 2.80. The molecule has 1 aromatic rings. The van der Waals surface area contributed by atoms with Crippen molar-refractivity contribution in [1.82, 2.24) is 10.6 Å². The molecule has 2 nitrogen and oxygen atoms in total. The van der Waals surface area contributed by atoms with Gasteiger partial charge in [0.2, 0.25) is 0 Å². The summed E-state index contributed by atoms with van der Waals surface area (Å²) in [6, 6.07) is 9.59. The van der Waals surface area contributed by atoms with Crippen LogP contribution in [0.2, 0.25) is 0 Å². The van der Waals surface area contributed by atoms with Crippen molar-refractivity contribution < 1.29 is 0 Å². The predicted octanol–water partition coefficient (Wildman–Crippen LogP) is 2.64. The molecule has 3 heteroatoms. The van der Waals surface area contributed by atoms with Gasteiger partial charge < -0.3 is 10.6 Å². The summed E-state index contributed by atoms with van der Waals surface area (Å²) in [5.74, 6) is 0. The van der Waals surface area contributed by atoms with Gasteiger partial charge >= 0.3 is 0 Å². The van der Waals surface area contributed by atoms with Gasteiger partial charge in [0.15, 0.2) is 0 Å². The van der Waals surface area contributed by atoms with Crippen molar-refractivity contribution in [1.29, 1.82) is 0 Å². The fourth-order valence-electron chi connectivity index (χ4n) is 2.05. The summed E-state index contributed by atoms with van der Waals surface area (Å²) in [6.07, 6.45) is 1.25. The highest BCUT2D eigenvalue weighted by molar-refractivity contribution is 7.99. The van der Waals surface area contributed by atoms with Gasteiger partial charge in [-0.1, -0.05) is 26.0 Å². The van der Waals surface area contributed by atoms with Gasteiger partial charge in [-0.15, -0.1) is 11.8 Å². The molecule has 0 radical (unpaired) electrons. The van der Waals surface area contributed by atoms with E-state index in [-0.39, 0.29) is 0 Å². The molecule has 0 aromatic heterocycles. The summed E-state index contributed by atoms with van der Waals surface area (Å²) in [7, 11) is 0. The van der Waals surface area contributed by atoms with Crippen molar-refractivity contribution in [2.75, 3.05) is 13.1 Å². The van der Waals surface area contributed by atoms with Crippen LogP contribution in [0, 0.1) is 0 Å². The minimum atomic E-state index is 0.653. The van der Waals surface area contributed by atoms with Crippen LogP contribution in [-0.4, -0.2) is 24.4 Å². The molecule has 1 atom stereocenters. The molecule has 17 heavy (non-hydrogen) atoms. The maximum Gasteiger partial charge on any atom is 0.0208 e. The zero-order valence-electron chi connectivity index (χ0n) is 10.7.